The first kappa shape index (κ1) is 26.1. The third kappa shape index (κ3) is 7.49. The number of thiazole rings is 1. The summed E-state index contributed by atoms with van der Waals surface area (Å²) in [7, 11) is -3.71. The van der Waals surface area contributed by atoms with E-state index in [1.165, 1.54) is 18.3 Å². The van der Waals surface area contributed by atoms with Crippen LogP contribution in [0.3, 0.4) is 0 Å². The lowest BCUT2D eigenvalue weighted by Gasteiger charge is -2.14. The Labute approximate surface area is 207 Å². The summed E-state index contributed by atoms with van der Waals surface area (Å²) in [5.41, 5.74) is 1.44. The van der Waals surface area contributed by atoms with Gasteiger partial charge in [-0.2, -0.15) is 0 Å². The molecule has 0 fully saturated rings. The monoisotopic (exact) mass is 518 g/mol. The predicted molar refractivity (Wildman–Crippen MR) is 133 cm³/mol. The number of aromatic carboxylic acids is 1. The highest BCUT2D eigenvalue weighted by Crippen LogP contribution is 2.27. The molecule has 186 valence electrons. The van der Waals surface area contributed by atoms with Crippen molar-refractivity contribution < 1.29 is 27.9 Å². The van der Waals surface area contributed by atoms with E-state index in [2.05, 4.69) is 20.6 Å². The fraction of sp³-hybridized carbons (Fsp3) is 0.304. The summed E-state index contributed by atoms with van der Waals surface area (Å²) in [5, 5.41) is 14.4. The molecule has 0 atom stereocenters. The number of anilines is 2. The van der Waals surface area contributed by atoms with Crippen LogP contribution in [0.1, 0.15) is 34.6 Å². The molecule has 10 nitrogen and oxygen atoms in total. The van der Waals surface area contributed by atoms with Gasteiger partial charge in [-0.25, -0.2) is 28.0 Å². The van der Waals surface area contributed by atoms with Crippen molar-refractivity contribution in [1.29, 1.82) is 0 Å². The van der Waals surface area contributed by atoms with Crippen LogP contribution in [0.25, 0.3) is 0 Å². The van der Waals surface area contributed by atoms with Gasteiger partial charge in [-0.15, -0.1) is 11.3 Å². The molecule has 0 unspecified atom stereocenters. The maximum Gasteiger partial charge on any atom is 0.337 e. The molecule has 0 radical (unpaired) electrons. The van der Waals surface area contributed by atoms with Crippen molar-refractivity contribution in [3.05, 3.63) is 58.7 Å². The molecule has 12 heteroatoms. The molecule has 0 aliphatic carbocycles. The number of hydrogen-bond donors (Lipinski definition) is 3. The number of rotatable bonds is 10. The number of sulfone groups is 1. The minimum absolute atomic E-state index is 0.0929. The number of ether oxygens (including phenoxy) is 1. The SMILES string of the molecule is Cc1ccc(NC(=O)Nc2ncc(CCS(=O)(=O)c3ccc(C(=O)O)cn3)s2)c(OCC(C)C)c1. The summed E-state index contributed by atoms with van der Waals surface area (Å²) in [5.74, 6) is -0.518. The minimum Gasteiger partial charge on any atom is -0.491 e. The quantitative estimate of drug-likeness (QED) is 0.361. The molecular formula is C23H26N4O6S2. The molecule has 3 aromatic rings. The number of carboxylic acid groups (broad SMARTS) is 1. The Morgan fingerprint density at radius 2 is 1.89 bits per heavy atom. The summed E-state index contributed by atoms with van der Waals surface area (Å²) in [4.78, 5) is 31.9. The first-order valence-electron chi connectivity index (χ1n) is 10.7. The van der Waals surface area contributed by atoms with Crippen molar-refractivity contribution in [2.75, 3.05) is 23.0 Å². The number of pyridine rings is 1. The molecular weight excluding hydrogens is 492 g/mol. The van der Waals surface area contributed by atoms with Crippen molar-refractivity contribution in [2.45, 2.75) is 32.2 Å². The number of carbonyl (C=O) groups excluding carboxylic acids is 1. The molecule has 35 heavy (non-hydrogen) atoms. The zero-order valence-corrected chi connectivity index (χ0v) is 21.1. The molecule has 0 aliphatic rings. The fourth-order valence-electron chi connectivity index (χ4n) is 2.87. The Kier molecular flexibility index (Phi) is 8.41. The zero-order chi connectivity index (χ0) is 25.6. The highest BCUT2D eigenvalue weighted by atomic mass is 32.2. The van der Waals surface area contributed by atoms with E-state index in [1.807, 2.05) is 32.9 Å². The standard InChI is InChI=1S/C23H26N4O6S2/c1-14(2)13-33-19-10-15(3)4-6-18(19)26-22(30)27-23-25-12-17(34-23)8-9-35(31,32)20-7-5-16(11-24-20)21(28)29/h4-7,10-12,14H,8-9,13H2,1-3H3,(H,28,29)(H2,25,26,27,30). The molecule has 3 rings (SSSR count). The molecule has 0 aliphatic heterocycles. The van der Waals surface area contributed by atoms with E-state index in [1.54, 1.807) is 6.07 Å². The van der Waals surface area contributed by atoms with Gasteiger partial charge in [-0.05, 0) is 49.1 Å². The van der Waals surface area contributed by atoms with Crippen LogP contribution in [0.5, 0.6) is 5.75 Å². The van der Waals surface area contributed by atoms with Crippen LogP contribution in [0.2, 0.25) is 0 Å². The third-order valence-corrected chi connectivity index (χ3v) is 7.24. The van der Waals surface area contributed by atoms with Gasteiger partial charge in [0.05, 0.1) is 23.6 Å². The van der Waals surface area contributed by atoms with E-state index >= 15 is 0 Å². The Morgan fingerprint density at radius 1 is 1.11 bits per heavy atom. The van der Waals surface area contributed by atoms with Crippen LogP contribution in [0, 0.1) is 12.8 Å². The molecule has 1 aromatic carbocycles. The summed E-state index contributed by atoms with van der Waals surface area (Å²) in [6.45, 7) is 6.52. The number of hydrogen-bond acceptors (Lipinski definition) is 8. The normalized spacial score (nSPS) is 11.3. The highest BCUT2D eigenvalue weighted by molar-refractivity contribution is 7.91. The van der Waals surface area contributed by atoms with Gasteiger partial charge in [0.2, 0.25) is 0 Å². The van der Waals surface area contributed by atoms with Gasteiger partial charge in [-0.3, -0.25) is 5.32 Å². The molecule has 0 saturated heterocycles. The Balaban J connectivity index is 1.58. The highest BCUT2D eigenvalue weighted by Gasteiger charge is 2.18. The Morgan fingerprint density at radius 3 is 2.54 bits per heavy atom. The molecule has 0 bridgehead atoms. The van der Waals surface area contributed by atoms with Gasteiger partial charge < -0.3 is 15.2 Å². The van der Waals surface area contributed by atoms with Gasteiger partial charge in [0.25, 0.3) is 0 Å². The molecule has 2 heterocycles. The van der Waals surface area contributed by atoms with Crippen molar-refractivity contribution in [1.82, 2.24) is 9.97 Å². The average molecular weight is 519 g/mol. The number of amides is 2. The topological polar surface area (TPSA) is 148 Å². The van der Waals surface area contributed by atoms with Crippen molar-refractivity contribution in [2.24, 2.45) is 5.92 Å². The lowest BCUT2D eigenvalue weighted by Crippen LogP contribution is -2.20. The van der Waals surface area contributed by atoms with E-state index < -0.39 is 21.8 Å². The summed E-state index contributed by atoms with van der Waals surface area (Å²) >= 11 is 1.16. The second kappa shape index (κ2) is 11.3. The summed E-state index contributed by atoms with van der Waals surface area (Å²) < 4.78 is 30.8. The fourth-order valence-corrected chi connectivity index (χ4v) is 4.99. The average Bonchev–Trinajstić information content (AvgIpc) is 3.25. The first-order valence-corrected chi connectivity index (χ1v) is 13.2. The van der Waals surface area contributed by atoms with Crippen LogP contribution in [0.15, 0.2) is 47.8 Å². The number of urea groups is 1. The van der Waals surface area contributed by atoms with E-state index in [-0.39, 0.29) is 22.8 Å². The van der Waals surface area contributed by atoms with Gasteiger partial charge in [0.1, 0.15) is 5.75 Å². The number of nitrogens with one attached hydrogen (secondary N) is 2. The molecule has 0 spiro atoms. The van der Waals surface area contributed by atoms with Gasteiger partial charge >= 0.3 is 12.0 Å². The molecule has 0 saturated carbocycles. The van der Waals surface area contributed by atoms with E-state index in [0.717, 1.165) is 23.1 Å². The van der Waals surface area contributed by atoms with E-state index in [4.69, 9.17) is 9.84 Å². The number of carboxylic acids is 1. The number of aryl methyl sites for hydroxylation is 2. The molecule has 3 N–H and O–H groups in total. The second-order valence-electron chi connectivity index (χ2n) is 8.17. The third-order valence-electron chi connectivity index (χ3n) is 4.65. The van der Waals surface area contributed by atoms with Crippen molar-refractivity contribution >= 4 is 44.0 Å². The van der Waals surface area contributed by atoms with Crippen molar-refractivity contribution in [3.63, 3.8) is 0 Å². The molecule has 2 amide bonds. The minimum atomic E-state index is -3.71. The van der Waals surface area contributed by atoms with Crippen molar-refractivity contribution in [3.8, 4) is 5.75 Å². The lowest BCUT2D eigenvalue weighted by molar-refractivity contribution is 0.0696. The zero-order valence-electron chi connectivity index (χ0n) is 19.4. The number of aromatic nitrogens is 2. The maximum atomic E-state index is 12.5. The van der Waals surface area contributed by atoms with Gasteiger partial charge in [0, 0.05) is 17.3 Å². The predicted octanol–water partition coefficient (Wildman–Crippen LogP) is 4.24. The van der Waals surface area contributed by atoms with E-state index in [0.29, 0.717) is 34.0 Å². The Hall–Kier alpha value is -3.51. The summed E-state index contributed by atoms with van der Waals surface area (Å²) in [6.07, 6.45) is 2.67. The summed E-state index contributed by atoms with van der Waals surface area (Å²) in [6, 6.07) is 7.35. The van der Waals surface area contributed by atoms with Gasteiger partial charge in [0.15, 0.2) is 20.0 Å². The molecule has 2 aromatic heterocycles. The second-order valence-corrected chi connectivity index (χ2v) is 11.3. The van der Waals surface area contributed by atoms with Crippen LogP contribution in [-0.4, -0.2) is 47.9 Å². The number of nitrogens with zero attached hydrogens (tertiary/aromatic N) is 2. The lowest BCUT2D eigenvalue weighted by atomic mass is 10.2. The maximum absolute atomic E-state index is 12.5. The smallest absolute Gasteiger partial charge is 0.337 e. The largest absolute Gasteiger partial charge is 0.491 e. The first-order chi connectivity index (χ1) is 16.5. The van der Waals surface area contributed by atoms with Crippen LogP contribution in [-0.2, 0) is 16.3 Å². The van der Waals surface area contributed by atoms with Crippen LogP contribution in [0.4, 0.5) is 15.6 Å². The van der Waals surface area contributed by atoms with E-state index in [9.17, 15) is 18.0 Å². The number of carbonyl (C=O) groups is 2. The Bertz CT molecular complexity index is 1300. The number of benzene rings is 1. The van der Waals surface area contributed by atoms with Gasteiger partial charge in [-0.1, -0.05) is 19.9 Å². The van der Waals surface area contributed by atoms with Crippen LogP contribution >= 0.6 is 11.3 Å². The van der Waals surface area contributed by atoms with Crippen LogP contribution < -0.4 is 15.4 Å².